The zero-order chi connectivity index (χ0) is 32.3. The molecule has 2 fully saturated rings. The van der Waals surface area contributed by atoms with Crippen LogP contribution in [0.25, 0.3) is 0 Å². The van der Waals surface area contributed by atoms with Gasteiger partial charge in [0.1, 0.15) is 29.5 Å². The molecule has 1 aromatic heterocycles. The Morgan fingerprint density at radius 3 is 2.33 bits per heavy atom. The summed E-state index contributed by atoms with van der Waals surface area (Å²) in [4.78, 5) is 58.3. The van der Waals surface area contributed by atoms with Gasteiger partial charge in [-0.3, -0.25) is 14.4 Å². The summed E-state index contributed by atoms with van der Waals surface area (Å²) in [6.07, 6.45) is 1.60. The Morgan fingerprint density at radius 2 is 1.81 bits per heavy atom. The number of nitrogens with zero attached hydrogens (tertiary/aromatic N) is 3. The first-order chi connectivity index (χ1) is 19.8. The van der Waals surface area contributed by atoms with Crippen molar-refractivity contribution in [1.82, 2.24) is 29.6 Å². The van der Waals surface area contributed by atoms with Crippen LogP contribution in [0.15, 0.2) is 24.4 Å². The highest BCUT2D eigenvalue weighted by Crippen LogP contribution is 2.29. The maximum atomic E-state index is 14.0. The summed E-state index contributed by atoms with van der Waals surface area (Å²) in [5.41, 5.74) is -2.02. The van der Waals surface area contributed by atoms with Gasteiger partial charge in [0.05, 0.1) is 11.8 Å². The van der Waals surface area contributed by atoms with Crippen LogP contribution < -0.4 is 20.1 Å². The van der Waals surface area contributed by atoms with Crippen molar-refractivity contribution in [2.75, 3.05) is 6.54 Å². The van der Waals surface area contributed by atoms with Crippen molar-refractivity contribution < 1.29 is 37.1 Å². The van der Waals surface area contributed by atoms with E-state index in [1.807, 2.05) is 4.72 Å². The average molecular weight is 661 g/mol. The number of allylic oxidation sites excluding steroid dienone is 2. The minimum atomic E-state index is -3.91. The van der Waals surface area contributed by atoms with Crippen molar-refractivity contribution in [2.24, 2.45) is 5.41 Å². The fourth-order valence-corrected chi connectivity index (χ4v) is 5.98. The Labute approximate surface area is 259 Å². The molecule has 0 aromatic carbocycles. The van der Waals surface area contributed by atoms with E-state index in [9.17, 15) is 27.6 Å². The van der Waals surface area contributed by atoms with E-state index < -0.39 is 68.3 Å². The third-order valence-corrected chi connectivity index (χ3v) is 8.86. The molecule has 43 heavy (non-hydrogen) atoms. The maximum Gasteiger partial charge on any atom is 0.408 e. The number of halogens is 1. The molecule has 0 spiro atoms. The second kappa shape index (κ2) is 13.2. The molecule has 1 aromatic rings. The molecule has 3 atom stereocenters. The summed E-state index contributed by atoms with van der Waals surface area (Å²) >= 11 is 6.76. The number of ether oxygens (including phenoxy) is 2. The van der Waals surface area contributed by atoms with Gasteiger partial charge in [-0.25, -0.2) is 17.9 Å². The molecule has 4 amide bonds. The van der Waals surface area contributed by atoms with Crippen LogP contribution in [-0.4, -0.2) is 82.1 Å². The highest BCUT2D eigenvalue weighted by Gasteiger charge is 2.47. The third kappa shape index (κ3) is 9.63. The van der Waals surface area contributed by atoms with E-state index >= 15 is 0 Å². The molecule has 17 heteroatoms. The second-order valence-electron chi connectivity index (χ2n) is 12.2. The van der Waals surface area contributed by atoms with Crippen LogP contribution in [0.1, 0.15) is 60.8 Å². The Morgan fingerprint density at radius 1 is 1.16 bits per heavy atom. The Bertz CT molecular complexity index is 1390. The predicted molar refractivity (Wildman–Crippen MR) is 159 cm³/mol. The highest BCUT2D eigenvalue weighted by molar-refractivity contribution is 7.91. The molecule has 0 bridgehead atoms. The van der Waals surface area contributed by atoms with Gasteiger partial charge < -0.3 is 25.0 Å². The number of hydrogen-bond donors (Lipinski definition) is 3. The van der Waals surface area contributed by atoms with E-state index in [0.29, 0.717) is 12.8 Å². The van der Waals surface area contributed by atoms with E-state index in [1.54, 1.807) is 41.5 Å². The number of hydrogen-bond acceptors (Lipinski definition) is 11. The SMILES string of the molecule is C=C/C=C(/NC(=O)[C@@H]1C[C@@H](Oc2nsc(Cl)n2)CN1C(=O)[C@@H](NC(=O)OC(C)(C)C)C(C)(C)C)C(=O)NS(=O)(=O)C1CC1. The van der Waals surface area contributed by atoms with Gasteiger partial charge in [0.25, 0.3) is 5.91 Å². The minimum absolute atomic E-state index is 0.0374. The van der Waals surface area contributed by atoms with Crippen LogP contribution in [0, 0.1) is 5.41 Å². The molecule has 0 unspecified atom stereocenters. The molecule has 1 aliphatic heterocycles. The van der Waals surface area contributed by atoms with E-state index in [2.05, 4.69) is 26.6 Å². The van der Waals surface area contributed by atoms with E-state index in [4.69, 9.17) is 21.1 Å². The lowest BCUT2D eigenvalue weighted by atomic mass is 9.85. The lowest BCUT2D eigenvalue weighted by molar-refractivity contribution is -0.142. The van der Waals surface area contributed by atoms with Crippen LogP contribution in [0.5, 0.6) is 6.01 Å². The van der Waals surface area contributed by atoms with E-state index in [0.717, 1.165) is 17.6 Å². The van der Waals surface area contributed by atoms with Gasteiger partial charge in [-0.05, 0) is 56.7 Å². The maximum absolute atomic E-state index is 14.0. The zero-order valence-corrected chi connectivity index (χ0v) is 27.2. The number of carbonyl (C=O) groups is 4. The fourth-order valence-electron chi connectivity index (χ4n) is 4.16. The van der Waals surface area contributed by atoms with Gasteiger partial charge in [-0.15, -0.1) is 4.37 Å². The first-order valence-electron chi connectivity index (χ1n) is 13.5. The van der Waals surface area contributed by atoms with Gasteiger partial charge in [-0.2, -0.15) is 4.98 Å². The summed E-state index contributed by atoms with van der Waals surface area (Å²) in [6, 6.07) is -2.36. The molecule has 3 N–H and O–H groups in total. The third-order valence-electron chi connectivity index (χ3n) is 6.26. The van der Waals surface area contributed by atoms with Crippen molar-refractivity contribution in [3.8, 4) is 6.01 Å². The van der Waals surface area contributed by atoms with Gasteiger partial charge in [0.2, 0.25) is 26.3 Å². The number of sulfonamides is 1. The van der Waals surface area contributed by atoms with Crippen LogP contribution >= 0.6 is 23.1 Å². The van der Waals surface area contributed by atoms with Crippen molar-refractivity contribution in [3.05, 3.63) is 28.9 Å². The van der Waals surface area contributed by atoms with Crippen LogP contribution in [0.4, 0.5) is 4.79 Å². The predicted octanol–water partition coefficient (Wildman–Crippen LogP) is 2.27. The number of likely N-dealkylation sites (tertiary alicyclic amines) is 1. The first-order valence-corrected chi connectivity index (χ1v) is 16.2. The minimum Gasteiger partial charge on any atom is -0.458 e. The van der Waals surface area contributed by atoms with Gasteiger partial charge in [-0.1, -0.05) is 33.4 Å². The number of rotatable bonds is 10. The molecule has 1 saturated carbocycles. The fraction of sp³-hybridized carbons (Fsp3) is 0.615. The number of aromatic nitrogens is 2. The van der Waals surface area contributed by atoms with Crippen molar-refractivity contribution in [1.29, 1.82) is 0 Å². The van der Waals surface area contributed by atoms with Crippen LogP contribution in [-0.2, 0) is 29.1 Å². The largest absolute Gasteiger partial charge is 0.458 e. The molecule has 2 heterocycles. The summed E-state index contributed by atoms with van der Waals surface area (Å²) in [5, 5.41) is 4.38. The van der Waals surface area contributed by atoms with Gasteiger partial charge in [0.15, 0.2) is 0 Å². The molecular formula is C26H37ClN6O8S2. The van der Waals surface area contributed by atoms with Crippen molar-refractivity contribution >= 4 is 57.0 Å². The van der Waals surface area contributed by atoms with Crippen molar-refractivity contribution in [2.45, 2.75) is 89.8 Å². The van der Waals surface area contributed by atoms with E-state index in [1.165, 1.54) is 11.0 Å². The number of carbonyl (C=O) groups excluding carboxylic acids is 4. The zero-order valence-electron chi connectivity index (χ0n) is 24.8. The molecule has 1 saturated heterocycles. The Balaban J connectivity index is 1.88. The Hall–Kier alpha value is -3.24. The number of nitrogens with one attached hydrogen (secondary N) is 3. The molecular weight excluding hydrogens is 624 g/mol. The molecule has 2 aliphatic rings. The number of alkyl carbamates (subject to hydrolysis) is 1. The standard InChI is InChI=1S/C26H37ClN6O8S2/c1-8-9-16(19(34)32-43(38,39)15-10-11-15)28-20(35)17-12-14(40-23-30-22(27)42-31-23)13-33(17)21(36)18(25(2,3)4)29-24(37)41-26(5,6)7/h8-9,14-15,17-18H,1,10-13H2,2-7H3,(H,28,35)(H,29,37)(H,32,34)/b16-9+/t14-,17+,18-/m1/s1. The normalized spacial score (nSPS) is 20.2. The first kappa shape index (κ1) is 34.3. The monoisotopic (exact) mass is 660 g/mol. The van der Waals surface area contributed by atoms with Gasteiger partial charge >= 0.3 is 12.1 Å². The summed E-state index contributed by atoms with van der Waals surface area (Å²) in [6.45, 7) is 13.7. The van der Waals surface area contributed by atoms with E-state index in [-0.39, 0.29) is 29.1 Å². The lowest BCUT2D eigenvalue weighted by Gasteiger charge is -2.35. The summed E-state index contributed by atoms with van der Waals surface area (Å²) in [5.74, 6) is -2.45. The highest BCUT2D eigenvalue weighted by atomic mass is 35.5. The van der Waals surface area contributed by atoms with Crippen molar-refractivity contribution in [3.63, 3.8) is 0 Å². The second-order valence-corrected chi connectivity index (χ2v) is 15.5. The van der Waals surface area contributed by atoms with Gasteiger partial charge in [0, 0.05) is 18.0 Å². The molecule has 238 valence electrons. The Kier molecular flexibility index (Phi) is 10.5. The number of amides is 4. The summed E-state index contributed by atoms with van der Waals surface area (Å²) in [7, 11) is -3.91. The molecule has 14 nitrogen and oxygen atoms in total. The topological polar surface area (TPSA) is 186 Å². The van der Waals surface area contributed by atoms with Crippen LogP contribution in [0.2, 0.25) is 4.47 Å². The van der Waals surface area contributed by atoms with Crippen LogP contribution in [0.3, 0.4) is 0 Å². The molecule has 1 aliphatic carbocycles. The quantitative estimate of drug-likeness (QED) is 0.248. The molecule has 0 radical (unpaired) electrons. The smallest absolute Gasteiger partial charge is 0.408 e. The lowest BCUT2D eigenvalue weighted by Crippen LogP contribution is -2.58. The summed E-state index contributed by atoms with van der Waals surface area (Å²) < 4.78 is 41.9. The average Bonchev–Trinajstić information content (AvgIpc) is 3.53. The molecule has 3 rings (SSSR count).